The van der Waals surface area contributed by atoms with Gasteiger partial charge >= 0.3 is 0 Å². The van der Waals surface area contributed by atoms with E-state index in [9.17, 15) is 9.59 Å². The van der Waals surface area contributed by atoms with Crippen molar-refractivity contribution >= 4 is 11.8 Å². The molecule has 2 aromatic rings. The second-order valence-electron chi connectivity index (χ2n) is 6.24. The Bertz CT molecular complexity index is 666. The maximum atomic E-state index is 12.4. The van der Waals surface area contributed by atoms with Crippen molar-refractivity contribution in [3.8, 4) is 0 Å². The third kappa shape index (κ3) is 4.42. The number of benzene rings is 2. The van der Waals surface area contributed by atoms with E-state index in [0.29, 0.717) is 5.56 Å². The van der Waals surface area contributed by atoms with Gasteiger partial charge < -0.3 is 11.1 Å². The first kappa shape index (κ1) is 16.7. The summed E-state index contributed by atoms with van der Waals surface area (Å²) in [5.41, 5.74) is 6.87. The third-order valence-electron chi connectivity index (χ3n) is 3.88. The third-order valence-corrected chi connectivity index (χ3v) is 3.88. The average Bonchev–Trinajstić information content (AvgIpc) is 2.53. The lowest BCUT2D eigenvalue weighted by atomic mass is 9.81. The molecule has 2 amide bonds. The lowest BCUT2D eigenvalue weighted by molar-refractivity contribution is -0.128. The normalized spacial score (nSPS) is 12.4. The van der Waals surface area contributed by atoms with Crippen LogP contribution in [0, 0.1) is 0 Å². The first-order chi connectivity index (χ1) is 10.9. The Morgan fingerprint density at radius 1 is 1.00 bits per heavy atom. The highest BCUT2D eigenvalue weighted by Gasteiger charge is 2.27. The van der Waals surface area contributed by atoms with Gasteiger partial charge in [-0.1, -0.05) is 74.5 Å². The molecule has 4 heteroatoms. The summed E-state index contributed by atoms with van der Waals surface area (Å²) in [6.45, 7) is 4.01. The molecule has 0 aliphatic carbocycles. The van der Waals surface area contributed by atoms with Crippen LogP contribution in [0.5, 0.6) is 0 Å². The van der Waals surface area contributed by atoms with E-state index in [1.54, 1.807) is 12.1 Å². The van der Waals surface area contributed by atoms with Crippen LogP contribution in [0.3, 0.4) is 0 Å². The Morgan fingerprint density at radius 2 is 1.52 bits per heavy atom. The zero-order valence-corrected chi connectivity index (χ0v) is 13.5. The maximum absolute atomic E-state index is 12.4. The fourth-order valence-electron chi connectivity index (χ4n) is 2.57. The van der Waals surface area contributed by atoms with E-state index in [4.69, 9.17) is 5.73 Å². The molecule has 0 aliphatic heterocycles. The highest BCUT2D eigenvalue weighted by molar-refractivity contribution is 5.88. The zero-order chi connectivity index (χ0) is 16.9. The van der Waals surface area contributed by atoms with Crippen molar-refractivity contribution < 1.29 is 9.59 Å². The summed E-state index contributed by atoms with van der Waals surface area (Å²) >= 11 is 0. The summed E-state index contributed by atoms with van der Waals surface area (Å²) in [6, 6.07) is 18.0. The second-order valence-corrected chi connectivity index (χ2v) is 6.24. The first-order valence-corrected chi connectivity index (χ1v) is 7.59. The van der Waals surface area contributed by atoms with Crippen molar-refractivity contribution in [2.24, 2.45) is 5.73 Å². The van der Waals surface area contributed by atoms with Gasteiger partial charge in [-0.15, -0.1) is 0 Å². The molecule has 1 atom stereocenters. The van der Waals surface area contributed by atoms with Gasteiger partial charge in [-0.3, -0.25) is 9.59 Å². The van der Waals surface area contributed by atoms with Crippen LogP contribution in [0.4, 0.5) is 0 Å². The number of primary amides is 1. The van der Waals surface area contributed by atoms with Crippen molar-refractivity contribution in [2.45, 2.75) is 31.7 Å². The molecule has 0 aliphatic rings. The van der Waals surface area contributed by atoms with Crippen molar-refractivity contribution in [2.75, 3.05) is 0 Å². The number of carbonyl (C=O) groups is 2. The predicted molar refractivity (Wildman–Crippen MR) is 90.6 cm³/mol. The molecule has 0 saturated carbocycles. The van der Waals surface area contributed by atoms with E-state index >= 15 is 0 Å². The van der Waals surface area contributed by atoms with Crippen molar-refractivity contribution in [1.82, 2.24) is 5.32 Å². The molecule has 0 saturated heterocycles. The van der Waals surface area contributed by atoms with Crippen LogP contribution in [0.25, 0.3) is 0 Å². The SMILES string of the molecule is CC(C)(CC(=O)N[C@H](C(N)=O)c1ccccc1)c1ccccc1. The molecule has 120 valence electrons. The largest absolute Gasteiger partial charge is 0.368 e. The number of amides is 2. The van der Waals surface area contributed by atoms with Gasteiger partial charge in [-0.2, -0.15) is 0 Å². The Morgan fingerprint density at radius 3 is 2.04 bits per heavy atom. The molecule has 0 heterocycles. The molecule has 2 aromatic carbocycles. The molecule has 0 unspecified atom stereocenters. The minimum atomic E-state index is -0.810. The molecular weight excluding hydrogens is 288 g/mol. The minimum absolute atomic E-state index is 0.202. The molecule has 0 bridgehead atoms. The van der Waals surface area contributed by atoms with Crippen LogP contribution in [0.1, 0.15) is 37.4 Å². The summed E-state index contributed by atoms with van der Waals surface area (Å²) in [7, 11) is 0. The molecule has 3 N–H and O–H groups in total. The van der Waals surface area contributed by atoms with Gasteiger partial charge in [0, 0.05) is 6.42 Å². The van der Waals surface area contributed by atoms with Crippen LogP contribution in [0.2, 0.25) is 0 Å². The van der Waals surface area contributed by atoms with E-state index in [2.05, 4.69) is 5.32 Å². The molecule has 4 nitrogen and oxygen atoms in total. The Balaban J connectivity index is 2.10. The second kappa shape index (κ2) is 7.09. The minimum Gasteiger partial charge on any atom is -0.368 e. The van der Waals surface area contributed by atoms with E-state index in [0.717, 1.165) is 5.56 Å². The zero-order valence-electron chi connectivity index (χ0n) is 13.5. The molecule has 2 rings (SSSR count). The Hall–Kier alpha value is -2.62. The number of nitrogens with one attached hydrogen (secondary N) is 1. The monoisotopic (exact) mass is 310 g/mol. The van der Waals surface area contributed by atoms with Gasteiger partial charge in [-0.25, -0.2) is 0 Å². The lowest BCUT2D eigenvalue weighted by Gasteiger charge is -2.26. The average molecular weight is 310 g/mol. The number of hydrogen-bond acceptors (Lipinski definition) is 2. The van der Waals surface area contributed by atoms with Gasteiger partial charge in [0.1, 0.15) is 6.04 Å². The topological polar surface area (TPSA) is 72.2 Å². The summed E-state index contributed by atoms with van der Waals surface area (Å²) in [5, 5.41) is 2.75. The summed E-state index contributed by atoms with van der Waals surface area (Å²) in [6.07, 6.45) is 0.271. The van der Waals surface area contributed by atoms with Gasteiger partial charge in [0.05, 0.1) is 0 Å². The maximum Gasteiger partial charge on any atom is 0.244 e. The number of nitrogens with two attached hydrogens (primary N) is 1. The van der Waals surface area contributed by atoms with Crippen LogP contribution in [0.15, 0.2) is 60.7 Å². The summed E-state index contributed by atoms with van der Waals surface area (Å²) in [5.74, 6) is -0.770. The van der Waals surface area contributed by atoms with E-state index in [-0.39, 0.29) is 17.7 Å². The van der Waals surface area contributed by atoms with Crippen molar-refractivity contribution in [1.29, 1.82) is 0 Å². The predicted octanol–water partition coefficient (Wildman–Crippen LogP) is 2.70. The highest BCUT2D eigenvalue weighted by atomic mass is 16.2. The molecule has 23 heavy (non-hydrogen) atoms. The van der Waals surface area contributed by atoms with Crippen LogP contribution < -0.4 is 11.1 Å². The fraction of sp³-hybridized carbons (Fsp3) is 0.263. The summed E-state index contributed by atoms with van der Waals surface area (Å²) in [4.78, 5) is 24.1. The van der Waals surface area contributed by atoms with Gasteiger partial charge in [-0.05, 0) is 16.5 Å². The van der Waals surface area contributed by atoms with Gasteiger partial charge in [0.25, 0.3) is 0 Å². The van der Waals surface area contributed by atoms with Crippen molar-refractivity contribution in [3.05, 3.63) is 71.8 Å². The Kier molecular flexibility index (Phi) is 5.16. The number of rotatable bonds is 6. The fourth-order valence-corrected chi connectivity index (χ4v) is 2.57. The molecule has 0 spiro atoms. The van der Waals surface area contributed by atoms with E-state index in [1.165, 1.54) is 0 Å². The summed E-state index contributed by atoms with van der Waals surface area (Å²) < 4.78 is 0. The quantitative estimate of drug-likeness (QED) is 0.861. The van der Waals surface area contributed by atoms with Crippen LogP contribution in [-0.4, -0.2) is 11.8 Å². The first-order valence-electron chi connectivity index (χ1n) is 7.59. The van der Waals surface area contributed by atoms with Crippen LogP contribution in [-0.2, 0) is 15.0 Å². The number of carbonyl (C=O) groups excluding carboxylic acids is 2. The highest BCUT2D eigenvalue weighted by Crippen LogP contribution is 2.27. The molecule has 0 aromatic heterocycles. The smallest absolute Gasteiger partial charge is 0.244 e. The van der Waals surface area contributed by atoms with Gasteiger partial charge in [0.2, 0.25) is 11.8 Å². The Labute approximate surface area is 136 Å². The lowest BCUT2D eigenvalue weighted by Crippen LogP contribution is -2.39. The molecular formula is C19H22N2O2. The van der Waals surface area contributed by atoms with E-state index in [1.807, 2.05) is 62.4 Å². The molecule has 0 fully saturated rings. The van der Waals surface area contributed by atoms with Gasteiger partial charge in [0.15, 0.2) is 0 Å². The van der Waals surface area contributed by atoms with Crippen molar-refractivity contribution in [3.63, 3.8) is 0 Å². The van der Waals surface area contributed by atoms with E-state index < -0.39 is 11.9 Å². The van der Waals surface area contributed by atoms with Crippen LogP contribution >= 0.6 is 0 Å². The molecule has 0 radical (unpaired) electrons. The standard InChI is InChI=1S/C19H22N2O2/c1-19(2,15-11-7-4-8-12-15)13-16(22)21-17(18(20)23)14-9-5-3-6-10-14/h3-12,17H,13H2,1-2H3,(H2,20,23)(H,21,22)/t17-/m0/s1. The number of hydrogen-bond donors (Lipinski definition) is 2.